The number of carbonyl (C=O) groups excluding carboxylic acids is 1. The Morgan fingerprint density at radius 3 is 1.95 bits per heavy atom. The number of carbonyl (C=O) groups is 1. The number of rotatable bonds is 4. The third-order valence-electron chi connectivity index (χ3n) is 3.49. The molecule has 0 radical (unpaired) electrons. The van der Waals surface area contributed by atoms with Crippen LogP contribution in [-0.4, -0.2) is 19.6 Å². The summed E-state index contributed by atoms with van der Waals surface area (Å²) in [6.45, 7) is 12.9. The lowest BCUT2D eigenvalue weighted by molar-refractivity contribution is -0.115. The molecule has 0 saturated heterocycles. The van der Waals surface area contributed by atoms with Crippen molar-refractivity contribution in [3.63, 3.8) is 0 Å². The summed E-state index contributed by atoms with van der Waals surface area (Å²) in [6.07, 6.45) is 4.15. The van der Waals surface area contributed by atoms with E-state index in [4.69, 9.17) is 0 Å². The van der Waals surface area contributed by atoms with Crippen molar-refractivity contribution in [2.75, 3.05) is 18.6 Å². The van der Waals surface area contributed by atoms with Gasteiger partial charge >= 0.3 is 0 Å². The van der Waals surface area contributed by atoms with Gasteiger partial charge in [0.1, 0.15) is 6.29 Å². The van der Waals surface area contributed by atoms with E-state index in [0.717, 1.165) is 12.7 Å². The Hall–Kier alpha value is -0.960. The van der Waals surface area contributed by atoms with E-state index in [1.165, 1.54) is 10.6 Å². The zero-order valence-corrected chi connectivity index (χ0v) is 16.3. The van der Waals surface area contributed by atoms with Crippen molar-refractivity contribution < 1.29 is 4.79 Å². The Balaban J connectivity index is 0.000000406. The van der Waals surface area contributed by atoms with Crippen LogP contribution in [0.15, 0.2) is 29.2 Å². The van der Waals surface area contributed by atoms with Gasteiger partial charge in [-0.15, -0.1) is 11.8 Å². The summed E-state index contributed by atoms with van der Waals surface area (Å²) in [5, 5.41) is 3.13. The average Bonchev–Trinajstić information content (AvgIpc) is 2.43. The molecular formula is C19H33NOS. The molecule has 1 aromatic rings. The molecule has 0 saturated carbocycles. The number of aldehydes is 1. The Morgan fingerprint density at radius 1 is 1.14 bits per heavy atom. The summed E-state index contributed by atoms with van der Waals surface area (Å²) in [6, 6.07) is 8.26. The second-order valence-corrected chi connectivity index (χ2v) is 8.67. The summed E-state index contributed by atoms with van der Waals surface area (Å²) < 4.78 is 0. The lowest BCUT2D eigenvalue weighted by atomic mass is 9.73. The van der Waals surface area contributed by atoms with Crippen LogP contribution in [0.25, 0.3) is 0 Å². The van der Waals surface area contributed by atoms with Gasteiger partial charge in [0.05, 0.1) is 0 Å². The predicted molar refractivity (Wildman–Crippen MR) is 101 cm³/mol. The topological polar surface area (TPSA) is 29.1 Å². The van der Waals surface area contributed by atoms with E-state index in [9.17, 15) is 4.79 Å². The highest BCUT2D eigenvalue weighted by Gasteiger charge is 2.28. The molecular weight excluding hydrogens is 290 g/mol. The van der Waals surface area contributed by atoms with E-state index in [1.54, 1.807) is 11.8 Å². The lowest BCUT2D eigenvalue weighted by Crippen LogP contribution is -2.26. The van der Waals surface area contributed by atoms with Gasteiger partial charge in [-0.05, 0) is 35.6 Å². The molecule has 0 fully saturated rings. The molecule has 0 aliphatic rings. The first kappa shape index (κ1) is 21.0. The van der Waals surface area contributed by atoms with Crippen LogP contribution in [0.3, 0.4) is 0 Å². The third kappa shape index (κ3) is 8.47. The Kier molecular flexibility index (Phi) is 8.84. The van der Waals surface area contributed by atoms with Crippen LogP contribution in [-0.2, 0) is 4.79 Å². The Labute approximate surface area is 141 Å². The van der Waals surface area contributed by atoms with Gasteiger partial charge in [0, 0.05) is 23.5 Å². The van der Waals surface area contributed by atoms with E-state index in [0.29, 0.717) is 0 Å². The van der Waals surface area contributed by atoms with E-state index in [1.807, 2.05) is 19.2 Å². The van der Waals surface area contributed by atoms with Gasteiger partial charge in [-0.2, -0.15) is 0 Å². The maximum Gasteiger partial charge on any atom is 0.123 e. The fraction of sp³-hybridized carbons (Fsp3) is 0.632. The fourth-order valence-electron chi connectivity index (χ4n) is 2.07. The second kappa shape index (κ2) is 9.24. The Morgan fingerprint density at radius 2 is 1.68 bits per heavy atom. The smallest absolute Gasteiger partial charge is 0.123 e. The van der Waals surface area contributed by atoms with E-state index in [2.05, 4.69) is 65.2 Å². The van der Waals surface area contributed by atoms with Gasteiger partial charge < -0.3 is 10.1 Å². The maximum absolute atomic E-state index is 10.8. The molecule has 1 rings (SSSR count). The van der Waals surface area contributed by atoms with Crippen LogP contribution in [0.1, 0.15) is 48.0 Å². The highest BCUT2D eigenvalue weighted by atomic mass is 32.2. The number of thioether (sulfide) groups is 1. The molecule has 2 nitrogen and oxygen atoms in total. The Bertz CT molecular complexity index is 420. The van der Waals surface area contributed by atoms with Crippen molar-refractivity contribution in [3.8, 4) is 0 Å². The predicted octanol–water partition coefficient (Wildman–Crippen LogP) is 5.73. The number of hydrogen-bond acceptors (Lipinski definition) is 3. The van der Waals surface area contributed by atoms with Crippen LogP contribution in [0, 0.1) is 16.7 Å². The zero-order chi connectivity index (χ0) is 17.4. The largest absolute Gasteiger partial charge is 0.387 e. The highest BCUT2D eigenvalue weighted by Crippen LogP contribution is 2.34. The van der Waals surface area contributed by atoms with E-state index < -0.39 is 0 Å². The monoisotopic (exact) mass is 323 g/mol. The van der Waals surface area contributed by atoms with Gasteiger partial charge in [-0.1, -0.05) is 53.7 Å². The molecule has 1 aromatic carbocycles. The minimum atomic E-state index is 0.106. The molecule has 22 heavy (non-hydrogen) atoms. The molecule has 0 bridgehead atoms. The molecule has 1 atom stereocenters. The first-order valence-corrected chi connectivity index (χ1v) is 9.03. The second-order valence-electron chi connectivity index (χ2n) is 7.82. The van der Waals surface area contributed by atoms with Gasteiger partial charge in [-0.3, -0.25) is 0 Å². The molecule has 0 heterocycles. The van der Waals surface area contributed by atoms with Crippen molar-refractivity contribution in [2.45, 2.75) is 52.9 Å². The van der Waals surface area contributed by atoms with E-state index >= 15 is 0 Å². The molecule has 3 heteroatoms. The van der Waals surface area contributed by atoms with Crippen molar-refractivity contribution in [1.82, 2.24) is 0 Å². The first-order valence-electron chi connectivity index (χ1n) is 7.81. The minimum absolute atomic E-state index is 0.106. The highest BCUT2D eigenvalue weighted by molar-refractivity contribution is 7.98. The number of benzene rings is 1. The number of nitrogens with one attached hydrogen (secondary N) is 1. The van der Waals surface area contributed by atoms with Crippen LogP contribution in [0.5, 0.6) is 0 Å². The lowest BCUT2D eigenvalue weighted by Gasteiger charge is -2.31. The zero-order valence-electron chi connectivity index (χ0n) is 15.5. The summed E-state index contributed by atoms with van der Waals surface area (Å²) in [4.78, 5) is 12.1. The molecule has 0 aliphatic carbocycles. The molecule has 0 aromatic heterocycles. The summed E-state index contributed by atoms with van der Waals surface area (Å²) in [5.41, 5.74) is 1.56. The van der Waals surface area contributed by atoms with E-state index in [-0.39, 0.29) is 16.7 Å². The molecule has 0 aliphatic heterocycles. The molecule has 126 valence electrons. The van der Waals surface area contributed by atoms with Crippen LogP contribution >= 0.6 is 11.8 Å². The van der Waals surface area contributed by atoms with Crippen molar-refractivity contribution in [1.29, 1.82) is 0 Å². The van der Waals surface area contributed by atoms with Crippen LogP contribution in [0.4, 0.5) is 5.69 Å². The summed E-state index contributed by atoms with van der Waals surface area (Å²) >= 11 is 1.76. The average molecular weight is 324 g/mol. The first-order chi connectivity index (χ1) is 10.0. The molecule has 0 spiro atoms. The molecule has 0 amide bonds. The van der Waals surface area contributed by atoms with Gasteiger partial charge in [0.15, 0.2) is 0 Å². The minimum Gasteiger partial charge on any atom is -0.387 e. The van der Waals surface area contributed by atoms with Crippen LogP contribution < -0.4 is 5.32 Å². The van der Waals surface area contributed by atoms with Gasteiger partial charge in [0.2, 0.25) is 0 Å². The molecule has 1 unspecified atom stereocenters. The van der Waals surface area contributed by atoms with Crippen molar-refractivity contribution >= 4 is 23.7 Å². The maximum atomic E-state index is 10.8. The number of anilines is 1. The van der Waals surface area contributed by atoms with Gasteiger partial charge in [0.25, 0.3) is 0 Å². The van der Waals surface area contributed by atoms with Crippen molar-refractivity contribution in [3.05, 3.63) is 24.3 Å². The fourth-order valence-corrected chi connectivity index (χ4v) is 2.67. The van der Waals surface area contributed by atoms with Gasteiger partial charge in [-0.25, -0.2) is 0 Å². The summed E-state index contributed by atoms with van der Waals surface area (Å²) in [5.74, 6) is 0.178. The quantitative estimate of drug-likeness (QED) is 0.566. The number of para-hydroxylation sites is 1. The molecule has 1 N–H and O–H groups in total. The van der Waals surface area contributed by atoms with Crippen molar-refractivity contribution in [2.24, 2.45) is 16.7 Å². The number of hydrogen-bond donors (Lipinski definition) is 1. The third-order valence-corrected chi connectivity index (χ3v) is 4.28. The standard InChI is InChI=1S/C11H22O.C8H11NS/c1-10(2,3)7-9(8-12)11(4,5)6;1-9-7-5-3-4-6-8(7)10-2/h8-9H,7H2,1-6H3;3-6,9H,1-2H3. The normalized spacial score (nSPS) is 12.9. The van der Waals surface area contributed by atoms with Crippen LogP contribution in [0.2, 0.25) is 0 Å². The summed E-state index contributed by atoms with van der Waals surface area (Å²) in [7, 11) is 1.94. The SMILES string of the molecule is CC(C)(C)CC(C=O)C(C)(C)C.CNc1ccccc1SC.